The number of aromatic nitrogens is 3. The number of aromatic amines is 1. The first-order chi connectivity index (χ1) is 9.41. The first-order valence-corrected chi connectivity index (χ1v) is 6.60. The molecule has 0 radical (unpaired) electrons. The smallest absolute Gasteiger partial charge is 0.232 e. The fourth-order valence-electron chi connectivity index (χ4n) is 2.20. The molecule has 2 rings (SSSR count). The van der Waals surface area contributed by atoms with E-state index in [2.05, 4.69) is 15.2 Å². The van der Waals surface area contributed by atoms with Gasteiger partial charge in [0.05, 0.1) is 12.0 Å². The Morgan fingerprint density at radius 3 is 2.50 bits per heavy atom. The molecule has 0 atom stereocenters. The zero-order chi connectivity index (χ0) is 14.8. The Morgan fingerprint density at radius 1 is 1.30 bits per heavy atom. The van der Waals surface area contributed by atoms with Gasteiger partial charge in [-0.15, -0.1) is 0 Å². The second-order valence-electron chi connectivity index (χ2n) is 5.49. The number of hydrogen-bond acceptors (Lipinski definition) is 3. The van der Waals surface area contributed by atoms with Crippen molar-refractivity contribution in [3.05, 3.63) is 47.5 Å². The third kappa shape index (κ3) is 2.87. The van der Waals surface area contributed by atoms with Crippen LogP contribution in [0.5, 0.6) is 0 Å². The van der Waals surface area contributed by atoms with Crippen molar-refractivity contribution < 1.29 is 4.79 Å². The third-order valence-electron chi connectivity index (χ3n) is 3.40. The molecule has 5 heteroatoms. The predicted molar refractivity (Wildman–Crippen MR) is 77.1 cm³/mol. The molecule has 0 spiro atoms. The number of likely N-dealkylation sites (N-methyl/N-ethyl adjacent to an activating group) is 1. The molecule has 0 saturated carbocycles. The average Bonchev–Trinajstić information content (AvgIpc) is 2.84. The molecular formula is C15H20N4O. The van der Waals surface area contributed by atoms with Gasteiger partial charge in [-0.1, -0.05) is 30.3 Å². The third-order valence-corrected chi connectivity index (χ3v) is 3.40. The highest BCUT2D eigenvalue weighted by Crippen LogP contribution is 2.25. The SMILES string of the molecule is Cc1nc(CN(C)C(=O)C(C)(C)c2ccccc2)n[nH]1. The summed E-state index contributed by atoms with van der Waals surface area (Å²) in [5.74, 6) is 1.43. The summed E-state index contributed by atoms with van der Waals surface area (Å²) in [5.41, 5.74) is 0.435. The van der Waals surface area contributed by atoms with Gasteiger partial charge in [-0.05, 0) is 26.3 Å². The minimum Gasteiger partial charge on any atom is -0.337 e. The van der Waals surface area contributed by atoms with Gasteiger partial charge in [-0.2, -0.15) is 5.10 Å². The van der Waals surface area contributed by atoms with Crippen molar-refractivity contribution in [2.45, 2.75) is 32.7 Å². The van der Waals surface area contributed by atoms with Crippen LogP contribution in [0.3, 0.4) is 0 Å². The molecule has 2 aromatic rings. The average molecular weight is 272 g/mol. The maximum atomic E-state index is 12.6. The lowest BCUT2D eigenvalue weighted by molar-refractivity contribution is -0.135. The summed E-state index contributed by atoms with van der Waals surface area (Å²) in [5, 5.41) is 6.85. The second-order valence-corrected chi connectivity index (χ2v) is 5.49. The zero-order valence-electron chi connectivity index (χ0n) is 12.3. The van der Waals surface area contributed by atoms with Gasteiger partial charge in [-0.3, -0.25) is 9.89 Å². The molecule has 0 saturated heterocycles. The number of hydrogen-bond donors (Lipinski definition) is 1. The Balaban J connectivity index is 2.13. The van der Waals surface area contributed by atoms with Gasteiger partial charge in [0, 0.05) is 7.05 Å². The van der Waals surface area contributed by atoms with E-state index in [4.69, 9.17) is 0 Å². The van der Waals surface area contributed by atoms with Crippen LogP contribution in [0.1, 0.15) is 31.1 Å². The molecule has 0 unspecified atom stereocenters. The molecule has 1 amide bonds. The highest BCUT2D eigenvalue weighted by Gasteiger charge is 2.32. The quantitative estimate of drug-likeness (QED) is 0.926. The van der Waals surface area contributed by atoms with E-state index < -0.39 is 5.41 Å². The standard InChI is InChI=1S/C15H20N4O/c1-11-16-13(18-17-11)10-19(4)14(20)15(2,3)12-8-6-5-7-9-12/h5-9H,10H2,1-4H3,(H,16,17,18). The summed E-state index contributed by atoms with van der Waals surface area (Å²) in [7, 11) is 1.78. The van der Waals surface area contributed by atoms with Gasteiger partial charge in [0.1, 0.15) is 5.82 Å². The summed E-state index contributed by atoms with van der Waals surface area (Å²) in [6, 6.07) is 9.79. The lowest BCUT2D eigenvalue weighted by Crippen LogP contribution is -2.41. The Hall–Kier alpha value is -2.17. The van der Waals surface area contributed by atoms with E-state index in [1.807, 2.05) is 51.1 Å². The summed E-state index contributed by atoms with van der Waals surface area (Å²) >= 11 is 0. The lowest BCUT2D eigenvalue weighted by atomic mass is 9.83. The molecule has 1 aromatic carbocycles. The number of aryl methyl sites for hydroxylation is 1. The lowest BCUT2D eigenvalue weighted by Gasteiger charge is -2.29. The Kier molecular flexibility index (Phi) is 3.88. The van der Waals surface area contributed by atoms with Gasteiger partial charge in [0.15, 0.2) is 5.82 Å². The number of rotatable bonds is 4. The van der Waals surface area contributed by atoms with E-state index in [0.29, 0.717) is 12.4 Å². The van der Waals surface area contributed by atoms with Gasteiger partial charge in [-0.25, -0.2) is 4.98 Å². The number of carbonyl (C=O) groups excluding carboxylic acids is 1. The molecule has 0 bridgehead atoms. The topological polar surface area (TPSA) is 61.9 Å². The number of H-pyrrole nitrogens is 1. The monoisotopic (exact) mass is 272 g/mol. The highest BCUT2D eigenvalue weighted by molar-refractivity contribution is 5.87. The summed E-state index contributed by atoms with van der Waals surface area (Å²) in [4.78, 5) is 18.5. The van der Waals surface area contributed by atoms with Gasteiger partial charge >= 0.3 is 0 Å². The molecular weight excluding hydrogens is 252 g/mol. The van der Waals surface area contributed by atoms with Crippen molar-refractivity contribution in [1.29, 1.82) is 0 Å². The molecule has 5 nitrogen and oxygen atoms in total. The molecule has 106 valence electrons. The van der Waals surface area contributed by atoms with E-state index in [-0.39, 0.29) is 5.91 Å². The van der Waals surface area contributed by atoms with Crippen LogP contribution in [-0.2, 0) is 16.8 Å². The summed E-state index contributed by atoms with van der Waals surface area (Å²) in [6.07, 6.45) is 0. The van der Waals surface area contributed by atoms with Crippen LogP contribution >= 0.6 is 0 Å². The zero-order valence-corrected chi connectivity index (χ0v) is 12.3. The Bertz CT molecular complexity index is 589. The van der Waals surface area contributed by atoms with E-state index in [0.717, 1.165) is 11.4 Å². The maximum absolute atomic E-state index is 12.6. The van der Waals surface area contributed by atoms with Gasteiger partial charge in [0.25, 0.3) is 0 Å². The normalized spacial score (nSPS) is 11.4. The molecule has 1 heterocycles. The number of carbonyl (C=O) groups is 1. The molecule has 1 N–H and O–H groups in total. The maximum Gasteiger partial charge on any atom is 0.232 e. The van der Waals surface area contributed by atoms with Crippen LogP contribution in [0, 0.1) is 6.92 Å². The van der Waals surface area contributed by atoms with Crippen LogP contribution in [0.25, 0.3) is 0 Å². The molecule has 0 aliphatic rings. The van der Waals surface area contributed by atoms with E-state index in [1.165, 1.54) is 0 Å². The first kappa shape index (κ1) is 14.2. The Labute approximate surface area is 119 Å². The number of nitrogens with one attached hydrogen (secondary N) is 1. The van der Waals surface area contributed by atoms with Crippen LogP contribution in [0.2, 0.25) is 0 Å². The number of nitrogens with zero attached hydrogens (tertiary/aromatic N) is 3. The predicted octanol–water partition coefficient (Wildman–Crippen LogP) is 2.05. The van der Waals surface area contributed by atoms with Crippen LogP contribution in [0.4, 0.5) is 0 Å². The van der Waals surface area contributed by atoms with E-state index >= 15 is 0 Å². The van der Waals surface area contributed by atoms with Crippen LogP contribution < -0.4 is 0 Å². The van der Waals surface area contributed by atoms with Crippen molar-refractivity contribution in [3.8, 4) is 0 Å². The van der Waals surface area contributed by atoms with Crippen molar-refractivity contribution in [2.75, 3.05) is 7.05 Å². The summed E-state index contributed by atoms with van der Waals surface area (Å²) in [6.45, 7) is 6.11. The highest BCUT2D eigenvalue weighted by atomic mass is 16.2. The Morgan fingerprint density at radius 2 is 1.95 bits per heavy atom. The minimum absolute atomic E-state index is 0.0474. The largest absolute Gasteiger partial charge is 0.337 e. The van der Waals surface area contributed by atoms with Crippen molar-refractivity contribution >= 4 is 5.91 Å². The van der Waals surface area contributed by atoms with Crippen LogP contribution in [-0.4, -0.2) is 33.0 Å². The van der Waals surface area contributed by atoms with Gasteiger partial charge in [0.2, 0.25) is 5.91 Å². The second kappa shape index (κ2) is 5.45. The summed E-state index contributed by atoms with van der Waals surface area (Å²) < 4.78 is 0. The van der Waals surface area contributed by atoms with Crippen molar-refractivity contribution in [2.24, 2.45) is 0 Å². The number of benzene rings is 1. The van der Waals surface area contributed by atoms with Crippen molar-refractivity contribution in [3.63, 3.8) is 0 Å². The molecule has 1 aromatic heterocycles. The number of amides is 1. The molecule has 0 aliphatic carbocycles. The van der Waals surface area contributed by atoms with E-state index in [1.54, 1.807) is 11.9 Å². The van der Waals surface area contributed by atoms with E-state index in [9.17, 15) is 4.79 Å². The van der Waals surface area contributed by atoms with Crippen LogP contribution in [0.15, 0.2) is 30.3 Å². The van der Waals surface area contributed by atoms with Crippen molar-refractivity contribution in [1.82, 2.24) is 20.1 Å². The van der Waals surface area contributed by atoms with Gasteiger partial charge < -0.3 is 4.90 Å². The molecule has 0 aliphatic heterocycles. The minimum atomic E-state index is -0.568. The molecule has 20 heavy (non-hydrogen) atoms. The fraction of sp³-hybridized carbons (Fsp3) is 0.400. The fourth-order valence-corrected chi connectivity index (χ4v) is 2.20. The molecule has 0 fully saturated rings. The first-order valence-electron chi connectivity index (χ1n) is 6.60.